The summed E-state index contributed by atoms with van der Waals surface area (Å²) >= 11 is 5.85. The van der Waals surface area contributed by atoms with Crippen LogP contribution in [0.15, 0.2) is 42.6 Å². The number of halogens is 2. The first-order valence-corrected chi connectivity index (χ1v) is 4.52. The van der Waals surface area contributed by atoms with Gasteiger partial charge in [0.1, 0.15) is 11.0 Å². The maximum Gasteiger partial charge on any atom is 0.136 e. The van der Waals surface area contributed by atoms with Gasteiger partial charge >= 0.3 is 0 Å². The maximum atomic E-state index is 13.4. The minimum Gasteiger partial charge on any atom is -0.244 e. The van der Waals surface area contributed by atoms with Gasteiger partial charge in [-0.15, -0.1) is 0 Å². The lowest BCUT2D eigenvalue weighted by Gasteiger charge is -2.03. The van der Waals surface area contributed by atoms with Crippen LogP contribution in [0, 0.1) is 5.82 Å². The van der Waals surface area contributed by atoms with E-state index in [-0.39, 0.29) is 5.82 Å². The molecule has 1 nitrogen and oxygen atoms in total. The molecular formula is C11H7ClFN. The van der Waals surface area contributed by atoms with E-state index in [0.717, 1.165) is 0 Å². The molecule has 0 saturated carbocycles. The van der Waals surface area contributed by atoms with Crippen LogP contribution in [0.1, 0.15) is 0 Å². The molecule has 0 fully saturated rings. The Balaban J connectivity index is 2.61. The Kier molecular flexibility index (Phi) is 2.46. The molecule has 1 aromatic heterocycles. The van der Waals surface area contributed by atoms with Crippen molar-refractivity contribution in [3.8, 4) is 11.1 Å². The highest BCUT2D eigenvalue weighted by atomic mass is 35.5. The van der Waals surface area contributed by atoms with Crippen molar-refractivity contribution in [2.24, 2.45) is 0 Å². The summed E-state index contributed by atoms with van der Waals surface area (Å²) in [7, 11) is 0. The lowest BCUT2D eigenvalue weighted by atomic mass is 10.1. The molecule has 70 valence electrons. The average Bonchev–Trinajstić information content (AvgIpc) is 2.20. The van der Waals surface area contributed by atoms with Gasteiger partial charge in [0, 0.05) is 17.3 Å². The first kappa shape index (κ1) is 9.16. The van der Waals surface area contributed by atoms with Crippen LogP contribution >= 0.6 is 11.6 Å². The van der Waals surface area contributed by atoms with Gasteiger partial charge < -0.3 is 0 Å². The molecule has 2 rings (SSSR count). The van der Waals surface area contributed by atoms with E-state index in [0.29, 0.717) is 16.3 Å². The lowest BCUT2D eigenvalue weighted by molar-refractivity contribution is 0.631. The molecule has 0 atom stereocenters. The average molecular weight is 208 g/mol. The van der Waals surface area contributed by atoms with Crippen LogP contribution in [-0.4, -0.2) is 4.98 Å². The van der Waals surface area contributed by atoms with E-state index < -0.39 is 0 Å². The molecule has 0 aliphatic rings. The number of hydrogen-bond donors (Lipinski definition) is 0. The number of aromatic nitrogens is 1. The van der Waals surface area contributed by atoms with Gasteiger partial charge in [-0.3, -0.25) is 0 Å². The molecule has 2 aromatic rings. The number of benzene rings is 1. The van der Waals surface area contributed by atoms with Crippen LogP contribution in [0.25, 0.3) is 11.1 Å². The third-order valence-corrected chi connectivity index (χ3v) is 2.22. The largest absolute Gasteiger partial charge is 0.244 e. The first-order chi connectivity index (χ1) is 6.79. The fraction of sp³-hybridized carbons (Fsp3) is 0. The van der Waals surface area contributed by atoms with Crippen LogP contribution < -0.4 is 0 Å². The van der Waals surface area contributed by atoms with Gasteiger partial charge in [-0.05, 0) is 18.2 Å². The molecule has 0 unspecified atom stereocenters. The SMILES string of the molecule is Fc1ccccc1-c1cccnc1Cl. The molecule has 1 aromatic carbocycles. The van der Waals surface area contributed by atoms with E-state index in [1.54, 1.807) is 36.5 Å². The summed E-state index contributed by atoms with van der Waals surface area (Å²) in [5.41, 5.74) is 1.10. The number of rotatable bonds is 1. The van der Waals surface area contributed by atoms with Crippen molar-refractivity contribution in [3.05, 3.63) is 53.6 Å². The molecular weight excluding hydrogens is 201 g/mol. The standard InChI is InChI=1S/C11H7ClFN/c12-11-9(5-3-7-14-11)8-4-1-2-6-10(8)13/h1-7H. The summed E-state index contributed by atoms with van der Waals surface area (Å²) in [4.78, 5) is 3.90. The fourth-order valence-electron chi connectivity index (χ4n) is 1.27. The van der Waals surface area contributed by atoms with Crippen molar-refractivity contribution in [3.63, 3.8) is 0 Å². The minimum absolute atomic E-state index is 0.289. The van der Waals surface area contributed by atoms with Gasteiger partial charge in [-0.2, -0.15) is 0 Å². The Morgan fingerprint density at radius 2 is 1.71 bits per heavy atom. The summed E-state index contributed by atoms with van der Waals surface area (Å²) in [5.74, 6) is -0.289. The molecule has 0 radical (unpaired) electrons. The highest BCUT2D eigenvalue weighted by Gasteiger charge is 2.07. The Bertz CT molecular complexity index is 413. The zero-order valence-electron chi connectivity index (χ0n) is 7.24. The van der Waals surface area contributed by atoms with Crippen LogP contribution in [0.3, 0.4) is 0 Å². The highest BCUT2D eigenvalue weighted by Crippen LogP contribution is 2.27. The van der Waals surface area contributed by atoms with E-state index >= 15 is 0 Å². The molecule has 0 amide bonds. The second-order valence-corrected chi connectivity index (χ2v) is 3.18. The molecule has 14 heavy (non-hydrogen) atoms. The molecule has 1 heterocycles. The van der Waals surface area contributed by atoms with E-state index in [4.69, 9.17) is 11.6 Å². The summed E-state index contributed by atoms with van der Waals surface area (Å²) in [6.07, 6.45) is 1.58. The predicted molar refractivity (Wildman–Crippen MR) is 54.6 cm³/mol. The number of hydrogen-bond acceptors (Lipinski definition) is 1. The third kappa shape index (κ3) is 1.61. The van der Waals surface area contributed by atoms with Gasteiger partial charge in [0.2, 0.25) is 0 Å². The van der Waals surface area contributed by atoms with E-state index in [1.165, 1.54) is 6.07 Å². The highest BCUT2D eigenvalue weighted by molar-refractivity contribution is 6.32. The molecule has 0 N–H and O–H groups in total. The zero-order valence-corrected chi connectivity index (χ0v) is 8.00. The van der Waals surface area contributed by atoms with Gasteiger partial charge in [0.25, 0.3) is 0 Å². The molecule has 0 spiro atoms. The zero-order chi connectivity index (χ0) is 9.97. The Hall–Kier alpha value is -1.41. The van der Waals surface area contributed by atoms with Gasteiger partial charge in [0.05, 0.1) is 0 Å². The van der Waals surface area contributed by atoms with Crippen molar-refractivity contribution in [1.82, 2.24) is 4.98 Å². The Labute approximate surface area is 86.2 Å². The first-order valence-electron chi connectivity index (χ1n) is 4.14. The number of nitrogens with zero attached hydrogens (tertiary/aromatic N) is 1. The summed E-state index contributed by atoms with van der Waals surface area (Å²) in [5, 5.41) is 0.317. The maximum absolute atomic E-state index is 13.4. The summed E-state index contributed by atoms with van der Waals surface area (Å²) in [6.45, 7) is 0. The topological polar surface area (TPSA) is 12.9 Å². The summed E-state index contributed by atoms with van der Waals surface area (Å²) in [6, 6.07) is 9.96. The van der Waals surface area contributed by atoms with Gasteiger partial charge in [0.15, 0.2) is 0 Å². The summed E-state index contributed by atoms with van der Waals surface area (Å²) < 4.78 is 13.4. The van der Waals surface area contributed by atoms with Crippen molar-refractivity contribution in [1.29, 1.82) is 0 Å². The molecule has 0 saturated heterocycles. The minimum atomic E-state index is -0.289. The Morgan fingerprint density at radius 3 is 2.43 bits per heavy atom. The van der Waals surface area contributed by atoms with Crippen molar-refractivity contribution >= 4 is 11.6 Å². The van der Waals surface area contributed by atoms with Crippen molar-refractivity contribution in [2.75, 3.05) is 0 Å². The van der Waals surface area contributed by atoms with Crippen LogP contribution in [0.2, 0.25) is 5.15 Å². The van der Waals surface area contributed by atoms with Crippen molar-refractivity contribution in [2.45, 2.75) is 0 Å². The van der Waals surface area contributed by atoms with Crippen LogP contribution in [0.5, 0.6) is 0 Å². The normalized spacial score (nSPS) is 10.1. The molecule has 0 aliphatic heterocycles. The molecule has 0 aliphatic carbocycles. The fourth-order valence-corrected chi connectivity index (χ4v) is 1.49. The quantitative estimate of drug-likeness (QED) is 0.652. The van der Waals surface area contributed by atoms with E-state index in [2.05, 4.69) is 4.98 Å². The van der Waals surface area contributed by atoms with Crippen molar-refractivity contribution < 1.29 is 4.39 Å². The second-order valence-electron chi connectivity index (χ2n) is 2.82. The molecule has 0 bridgehead atoms. The van der Waals surface area contributed by atoms with Gasteiger partial charge in [-0.1, -0.05) is 29.8 Å². The smallest absolute Gasteiger partial charge is 0.136 e. The molecule has 3 heteroatoms. The number of pyridine rings is 1. The predicted octanol–water partition coefficient (Wildman–Crippen LogP) is 3.54. The monoisotopic (exact) mass is 207 g/mol. The van der Waals surface area contributed by atoms with Gasteiger partial charge in [-0.25, -0.2) is 9.37 Å². The third-order valence-electron chi connectivity index (χ3n) is 1.92. The van der Waals surface area contributed by atoms with Crippen LogP contribution in [0.4, 0.5) is 4.39 Å². The van der Waals surface area contributed by atoms with Crippen LogP contribution in [-0.2, 0) is 0 Å². The van der Waals surface area contributed by atoms with E-state index in [1.807, 2.05) is 0 Å². The lowest BCUT2D eigenvalue weighted by Crippen LogP contribution is -1.86. The Morgan fingerprint density at radius 1 is 1.00 bits per heavy atom. The second kappa shape index (κ2) is 3.76. The van der Waals surface area contributed by atoms with E-state index in [9.17, 15) is 4.39 Å².